The molecule has 2 aromatic carbocycles. The summed E-state index contributed by atoms with van der Waals surface area (Å²) in [5, 5.41) is 9.44. The minimum absolute atomic E-state index is 0.0912. The van der Waals surface area contributed by atoms with E-state index in [1.165, 1.54) is 22.2 Å². The Hall–Kier alpha value is -2.98. The monoisotopic (exact) mass is 428 g/mol. The molecule has 0 aliphatic carbocycles. The largest absolute Gasteiger partial charge is 0.392 e. The molecule has 4 heteroatoms. The molecule has 0 spiro atoms. The Morgan fingerprint density at radius 2 is 1.56 bits per heavy atom. The second kappa shape index (κ2) is 9.66. The fraction of sp³-hybridized carbons (Fsp3) is 0.357. The molecule has 0 saturated carbocycles. The van der Waals surface area contributed by atoms with Crippen molar-refractivity contribution < 1.29 is 9.67 Å². The van der Waals surface area contributed by atoms with Gasteiger partial charge in [0.15, 0.2) is 11.8 Å². The van der Waals surface area contributed by atoms with Gasteiger partial charge < -0.3 is 5.11 Å². The molecule has 0 amide bonds. The number of pyridine rings is 1. The lowest BCUT2D eigenvalue weighted by Crippen LogP contribution is -2.35. The van der Waals surface area contributed by atoms with Crippen molar-refractivity contribution in [2.75, 3.05) is 0 Å². The number of imidazole rings is 1. The van der Waals surface area contributed by atoms with Gasteiger partial charge in [-0.05, 0) is 60.6 Å². The number of nitrogens with zero attached hydrogens (tertiary/aromatic N) is 3. The first-order valence-electron chi connectivity index (χ1n) is 11.6. The maximum Gasteiger partial charge on any atom is 0.301 e. The first-order chi connectivity index (χ1) is 15.5. The van der Waals surface area contributed by atoms with Gasteiger partial charge in [-0.2, -0.15) is 0 Å². The van der Waals surface area contributed by atoms with Crippen LogP contribution in [0, 0.1) is 0 Å². The van der Waals surface area contributed by atoms with E-state index in [0.717, 1.165) is 24.2 Å². The van der Waals surface area contributed by atoms with Crippen LogP contribution in [0.1, 0.15) is 67.8 Å². The van der Waals surface area contributed by atoms with Gasteiger partial charge in [-0.3, -0.25) is 4.57 Å². The molecule has 0 aliphatic rings. The van der Waals surface area contributed by atoms with E-state index in [0.29, 0.717) is 17.9 Å². The lowest BCUT2D eigenvalue weighted by molar-refractivity contribution is -0.693. The number of aliphatic hydroxyl groups excluding tert-OH is 1. The lowest BCUT2D eigenvalue weighted by atomic mass is 9.90. The van der Waals surface area contributed by atoms with Gasteiger partial charge in [0.1, 0.15) is 6.20 Å². The number of hydrogen-bond acceptors (Lipinski definition) is 2. The SMILES string of the molecule is CC(Cc1cccc(C(C)Cn2c[n+](C(C)C)c3ncccc32)c1)c1cccc(CO)c1. The first-order valence-corrected chi connectivity index (χ1v) is 11.6. The van der Waals surface area contributed by atoms with E-state index in [4.69, 9.17) is 0 Å². The normalized spacial score (nSPS) is 13.6. The molecule has 0 saturated heterocycles. The Morgan fingerprint density at radius 1 is 0.875 bits per heavy atom. The van der Waals surface area contributed by atoms with Gasteiger partial charge in [-0.1, -0.05) is 62.4 Å². The van der Waals surface area contributed by atoms with Crippen LogP contribution in [0.25, 0.3) is 11.2 Å². The van der Waals surface area contributed by atoms with Crippen LogP contribution in [0.2, 0.25) is 0 Å². The molecule has 2 unspecified atom stereocenters. The highest BCUT2D eigenvalue weighted by Gasteiger charge is 2.20. The van der Waals surface area contributed by atoms with Crippen LogP contribution in [0.15, 0.2) is 73.2 Å². The second-order valence-corrected chi connectivity index (χ2v) is 9.27. The smallest absolute Gasteiger partial charge is 0.301 e. The Bertz CT molecular complexity index is 1190. The zero-order valence-electron chi connectivity index (χ0n) is 19.6. The van der Waals surface area contributed by atoms with Crippen molar-refractivity contribution in [3.63, 3.8) is 0 Å². The van der Waals surface area contributed by atoms with Gasteiger partial charge in [-0.25, -0.2) is 4.57 Å². The van der Waals surface area contributed by atoms with E-state index in [1.807, 2.05) is 24.4 Å². The Kier molecular flexibility index (Phi) is 6.71. The van der Waals surface area contributed by atoms with E-state index >= 15 is 0 Å². The summed E-state index contributed by atoms with van der Waals surface area (Å²) >= 11 is 0. The summed E-state index contributed by atoms with van der Waals surface area (Å²) in [5.74, 6) is 0.788. The summed E-state index contributed by atoms with van der Waals surface area (Å²) in [7, 11) is 0. The predicted octanol–water partition coefficient (Wildman–Crippen LogP) is 5.55. The van der Waals surface area contributed by atoms with Gasteiger partial charge in [0.2, 0.25) is 0 Å². The zero-order chi connectivity index (χ0) is 22.7. The van der Waals surface area contributed by atoms with Crippen molar-refractivity contribution in [2.24, 2.45) is 0 Å². The minimum Gasteiger partial charge on any atom is -0.392 e. The standard InChI is InChI=1S/C28H34N3O/c1-20(2)31-19-30(27-12-7-13-29-28(27)31)17-22(4)26-11-5-8-23(15-26)14-21(3)25-10-6-9-24(16-25)18-32/h5-13,15-16,19-22,32H,14,17-18H2,1-4H3/q+1. The number of hydrogen-bond donors (Lipinski definition) is 1. The molecule has 0 radical (unpaired) electrons. The van der Waals surface area contributed by atoms with E-state index < -0.39 is 0 Å². The first kappa shape index (κ1) is 22.2. The number of aliphatic hydroxyl groups is 1. The van der Waals surface area contributed by atoms with Gasteiger partial charge >= 0.3 is 5.65 Å². The highest BCUT2D eigenvalue weighted by Crippen LogP contribution is 2.25. The van der Waals surface area contributed by atoms with Crippen LogP contribution in [0.4, 0.5) is 0 Å². The average Bonchev–Trinajstić information content (AvgIpc) is 3.18. The fourth-order valence-corrected chi connectivity index (χ4v) is 4.50. The van der Waals surface area contributed by atoms with Crippen molar-refractivity contribution in [1.29, 1.82) is 0 Å². The lowest BCUT2D eigenvalue weighted by Gasteiger charge is -2.16. The molecule has 2 aromatic heterocycles. The third kappa shape index (κ3) is 4.76. The van der Waals surface area contributed by atoms with Gasteiger partial charge in [-0.15, -0.1) is 4.98 Å². The maximum atomic E-state index is 9.44. The van der Waals surface area contributed by atoms with Gasteiger partial charge in [0, 0.05) is 5.92 Å². The van der Waals surface area contributed by atoms with E-state index in [-0.39, 0.29) is 6.61 Å². The average molecular weight is 429 g/mol. The highest BCUT2D eigenvalue weighted by molar-refractivity contribution is 5.66. The molecule has 0 bridgehead atoms. The van der Waals surface area contributed by atoms with Gasteiger partial charge in [0.25, 0.3) is 0 Å². The van der Waals surface area contributed by atoms with Crippen molar-refractivity contribution in [3.8, 4) is 0 Å². The van der Waals surface area contributed by atoms with Crippen LogP contribution in [-0.4, -0.2) is 14.7 Å². The summed E-state index contributed by atoms with van der Waals surface area (Å²) in [6.45, 7) is 9.96. The van der Waals surface area contributed by atoms with Crippen molar-refractivity contribution >= 4 is 11.2 Å². The van der Waals surface area contributed by atoms with E-state index in [9.17, 15) is 5.11 Å². The molecule has 0 fully saturated rings. The predicted molar refractivity (Wildman–Crippen MR) is 130 cm³/mol. The number of fused-ring (bicyclic) bond motifs is 1. The molecule has 4 aromatic rings. The quantitative estimate of drug-likeness (QED) is 0.374. The minimum atomic E-state index is 0.0912. The summed E-state index contributed by atoms with van der Waals surface area (Å²) in [6, 6.07) is 21.8. The molecular weight excluding hydrogens is 394 g/mol. The van der Waals surface area contributed by atoms with Gasteiger partial charge in [0.05, 0.1) is 19.2 Å². The van der Waals surface area contributed by atoms with Crippen LogP contribution >= 0.6 is 0 Å². The summed E-state index contributed by atoms with van der Waals surface area (Å²) in [5.41, 5.74) is 7.19. The summed E-state index contributed by atoms with van der Waals surface area (Å²) in [6.07, 6.45) is 5.06. The van der Waals surface area contributed by atoms with E-state index in [2.05, 4.69) is 90.6 Å². The Morgan fingerprint density at radius 3 is 2.28 bits per heavy atom. The van der Waals surface area contributed by atoms with Crippen LogP contribution in [0.5, 0.6) is 0 Å². The second-order valence-electron chi connectivity index (χ2n) is 9.27. The topological polar surface area (TPSA) is 41.9 Å². The van der Waals surface area contributed by atoms with Crippen molar-refractivity contribution in [1.82, 2.24) is 9.55 Å². The molecule has 32 heavy (non-hydrogen) atoms. The highest BCUT2D eigenvalue weighted by atomic mass is 16.3. The molecular formula is C28H34N3O+. The molecule has 4 rings (SSSR count). The Labute approximate surface area is 191 Å². The molecule has 2 heterocycles. The molecule has 0 aliphatic heterocycles. The zero-order valence-corrected chi connectivity index (χ0v) is 19.6. The number of aromatic nitrogens is 3. The van der Waals surface area contributed by atoms with Crippen LogP contribution in [0.3, 0.4) is 0 Å². The Balaban J connectivity index is 1.53. The third-order valence-electron chi connectivity index (χ3n) is 6.38. The fourth-order valence-electron chi connectivity index (χ4n) is 4.50. The van der Waals surface area contributed by atoms with Crippen molar-refractivity contribution in [2.45, 2.75) is 65.1 Å². The molecule has 2 atom stereocenters. The number of benzene rings is 2. The molecule has 166 valence electrons. The number of rotatable bonds is 8. The third-order valence-corrected chi connectivity index (χ3v) is 6.38. The molecule has 4 nitrogen and oxygen atoms in total. The maximum absolute atomic E-state index is 9.44. The summed E-state index contributed by atoms with van der Waals surface area (Å²) in [4.78, 5) is 4.62. The van der Waals surface area contributed by atoms with E-state index in [1.54, 1.807) is 0 Å². The van der Waals surface area contributed by atoms with Crippen LogP contribution in [-0.2, 0) is 19.6 Å². The van der Waals surface area contributed by atoms with Crippen molar-refractivity contribution in [3.05, 3.63) is 95.4 Å². The van der Waals surface area contributed by atoms with Crippen LogP contribution < -0.4 is 4.57 Å². The summed E-state index contributed by atoms with van der Waals surface area (Å²) < 4.78 is 4.59. The molecule has 1 N–H and O–H groups in total.